The Bertz CT molecular complexity index is 975. The van der Waals surface area contributed by atoms with Crippen LogP contribution in [0.5, 0.6) is 0 Å². The van der Waals surface area contributed by atoms with Crippen molar-refractivity contribution in [2.24, 2.45) is 0 Å². The molecule has 0 saturated carbocycles. The molecule has 3 aromatic rings. The highest BCUT2D eigenvalue weighted by Gasteiger charge is 2.11. The van der Waals surface area contributed by atoms with Crippen LogP contribution in [0.1, 0.15) is 12.5 Å². The molecule has 1 nitrogen and oxygen atoms in total. The second-order valence-electron chi connectivity index (χ2n) is 6.86. The lowest BCUT2D eigenvalue weighted by Crippen LogP contribution is -2.09. The monoisotopic (exact) mass is 383 g/mol. The zero-order valence-corrected chi connectivity index (χ0v) is 17.5. The summed E-state index contributed by atoms with van der Waals surface area (Å²) in [6.45, 7) is 2.18. The second-order valence-corrected chi connectivity index (χ2v) is 10.7. The number of hydrogen-bond donors (Lipinski definition) is 0. The molecule has 0 unspecified atom stereocenters. The maximum atomic E-state index is 3.30. The fourth-order valence-electron chi connectivity index (χ4n) is 2.63. The summed E-state index contributed by atoms with van der Waals surface area (Å²) in [4.78, 5) is 2.24. The molecule has 140 valence electrons. The molecular formula is C26H25NS. The van der Waals surface area contributed by atoms with Crippen molar-refractivity contribution in [1.29, 1.82) is 0 Å². The van der Waals surface area contributed by atoms with Gasteiger partial charge in [-0.15, -0.1) is 0 Å². The highest BCUT2D eigenvalue weighted by Crippen LogP contribution is 2.37. The topological polar surface area (TPSA) is 3.24 Å². The Morgan fingerprint density at radius 3 is 1.68 bits per heavy atom. The first-order chi connectivity index (χ1) is 13.6. The van der Waals surface area contributed by atoms with Crippen LogP contribution in [0.2, 0.25) is 0 Å². The van der Waals surface area contributed by atoms with E-state index in [0.29, 0.717) is 0 Å². The molecular weight excluding hydrogens is 358 g/mol. The van der Waals surface area contributed by atoms with Gasteiger partial charge in [-0.1, -0.05) is 49.2 Å². The summed E-state index contributed by atoms with van der Waals surface area (Å²) in [5.74, 6) is 10.3. The third kappa shape index (κ3) is 5.23. The minimum Gasteiger partial charge on any atom is -0.311 e. The molecule has 0 radical (unpaired) electrons. The van der Waals surface area contributed by atoms with Gasteiger partial charge in [0.15, 0.2) is 0 Å². The van der Waals surface area contributed by atoms with E-state index in [1.165, 1.54) is 0 Å². The lowest BCUT2D eigenvalue weighted by molar-refractivity contribution is 1.28. The summed E-state index contributed by atoms with van der Waals surface area (Å²) < 4.78 is 0. The molecule has 3 aromatic carbocycles. The van der Waals surface area contributed by atoms with Crippen LogP contribution in [-0.2, 0) is 0 Å². The van der Waals surface area contributed by atoms with Gasteiger partial charge in [-0.3, -0.25) is 0 Å². The van der Waals surface area contributed by atoms with Crippen molar-refractivity contribution in [1.82, 2.24) is 0 Å². The van der Waals surface area contributed by atoms with Crippen LogP contribution >= 0.6 is 10.0 Å². The fraction of sp³-hybridized carbons (Fsp3) is 0.154. The molecule has 3 rings (SSSR count). The zero-order chi connectivity index (χ0) is 19.8. The Morgan fingerprint density at radius 1 is 0.679 bits per heavy atom. The summed E-state index contributed by atoms with van der Waals surface area (Å²) in [5, 5.41) is 3.30. The molecule has 0 aliphatic rings. The molecule has 0 amide bonds. The number of benzene rings is 3. The van der Waals surface area contributed by atoms with Crippen molar-refractivity contribution < 1.29 is 0 Å². The molecule has 0 aromatic heterocycles. The van der Waals surface area contributed by atoms with Crippen LogP contribution in [0, 0.1) is 23.0 Å². The van der Waals surface area contributed by atoms with Gasteiger partial charge < -0.3 is 4.90 Å². The average Bonchev–Trinajstić information content (AvgIpc) is 2.74. The molecule has 0 atom stereocenters. The van der Waals surface area contributed by atoms with Crippen LogP contribution in [-0.4, -0.2) is 18.3 Å². The smallest absolute Gasteiger partial charge is 0.0462 e. The van der Waals surface area contributed by atoms with Gasteiger partial charge in [-0.05, 0) is 83.9 Å². The summed E-state index contributed by atoms with van der Waals surface area (Å²) in [5.41, 5.74) is 4.33. The maximum Gasteiger partial charge on any atom is 0.0462 e. The van der Waals surface area contributed by atoms with Crippen LogP contribution in [0.4, 0.5) is 17.1 Å². The number of hydrogen-bond acceptors (Lipinski definition) is 1. The summed E-state index contributed by atoms with van der Waals surface area (Å²) in [7, 11) is -0.823. The molecule has 0 N–H and O–H groups in total. The lowest BCUT2D eigenvalue weighted by Gasteiger charge is -2.25. The third-order valence-corrected chi connectivity index (χ3v) is 6.57. The van der Waals surface area contributed by atoms with Gasteiger partial charge in [0.1, 0.15) is 0 Å². The van der Waals surface area contributed by atoms with Gasteiger partial charge in [0.25, 0.3) is 0 Å². The Hall–Kier alpha value is -3.07. The number of rotatable bonds is 4. The third-order valence-electron chi connectivity index (χ3n) is 4.47. The van der Waals surface area contributed by atoms with Gasteiger partial charge in [0.2, 0.25) is 0 Å². The first-order valence-electron chi connectivity index (χ1n) is 9.33. The quantitative estimate of drug-likeness (QED) is 0.462. The molecule has 0 aliphatic heterocycles. The fourth-order valence-corrected chi connectivity index (χ4v) is 3.11. The maximum absolute atomic E-state index is 3.30. The Morgan fingerprint density at radius 2 is 1.18 bits per heavy atom. The van der Waals surface area contributed by atoms with Crippen molar-refractivity contribution in [2.75, 3.05) is 23.2 Å². The molecule has 0 heterocycles. The van der Waals surface area contributed by atoms with Crippen LogP contribution in [0.15, 0.2) is 84.9 Å². The predicted molar refractivity (Wildman–Crippen MR) is 126 cm³/mol. The SMILES string of the molecule is CCS(C)(C)C#CC#Cc1ccc(N(c2ccccc2)c2ccccc2)cc1. The summed E-state index contributed by atoms with van der Waals surface area (Å²) in [6, 6.07) is 29.1. The lowest BCUT2D eigenvalue weighted by atomic mass is 10.1. The zero-order valence-electron chi connectivity index (χ0n) is 16.6. The van der Waals surface area contributed by atoms with Crippen LogP contribution in [0.3, 0.4) is 0 Å². The van der Waals surface area contributed by atoms with Crippen molar-refractivity contribution >= 4 is 27.1 Å². The minimum absolute atomic E-state index is 0.823. The van der Waals surface area contributed by atoms with Gasteiger partial charge in [-0.2, -0.15) is 10.0 Å². The van der Waals surface area contributed by atoms with E-state index < -0.39 is 10.0 Å². The van der Waals surface area contributed by atoms with E-state index >= 15 is 0 Å². The van der Waals surface area contributed by atoms with E-state index in [0.717, 1.165) is 28.4 Å². The van der Waals surface area contributed by atoms with Crippen LogP contribution < -0.4 is 4.90 Å². The molecule has 0 spiro atoms. The normalized spacial score (nSPS) is 10.8. The number of nitrogens with zero attached hydrogens (tertiary/aromatic N) is 1. The molecule has 0 fully saturated rings. The van der Waals surface area contributed by atoms with Crippen molar-refractivity contribution in [2.45, 2.75) is 6.92 Å². The minimum atomic E-state index is -0.823. The average molecular weight is 384 g/mol. The van der Waals surface area contributed by atoms with Gasteiger partial charge in [0, 0.05) is 22.6 Å². The van der Waals surface area contributed by atoms with Gasteiger partial charge in [0.05, 0.1) is 0 Å². The number of anilines is 3. The summed E-state index contributed by atoms with van der Waals surface area (Å²) >= 11 is 0. The first kappa shape index (κ1) is 19.7. The summed E-state index contributed by atoms with van der Waals surface area (Å²) in [6.07, 6.45) is 4.44. The highest BCUT2D eigenvalue weighted by molar-refractivity contribution is 8.36. The molecule has 0 aliphatic carbocycles. The van der Waals surface area contributed by atoms with Gasteiger partial charge in [-0.25, -0.2) is 0 Å². The van der Waals surface area contributed by atoms with E-state index in [2.05, 4.69) is 120 Å². The molecule has 28 heavy (non-hydrogen) atoms. The molecule has 0 bridgehead atoms. The van der Waals surface area contributed by atoms with Crippen molar-refractivity contribution in [3.8, 4) is 23.0 Å². The Kier molecular flexibility index (Phi) is 6.49. The Balaban J connectivity index is 1.88. The van der Waals surface area contributed by atoms with Crippen LogP contribution in [0.25, 0.3) is 0 Å². The van der Waals surface area contributed by atoms with Gasteiger partial charge >= 0.3 is 0 Å². The second kappa shape index (κ2) is 9.23. The van der Waals surface area contributed by atoms with E-state index in [1.807, 2.05) is 12.1 Å². The largest absolute Gasteiger partial charge is 0.311 e. The molecule has 2 heteroatoms. The van der Waals surface area contributed by atoms with E-state index in [4.69, 9.17) is 0 Å². The predicted octanol–water partition coefficient (Wildman–Crippen LogP) is 6.55. The van der Waals surface area contributed by atoms with E-state index in [-0.39, 0.29) is 0 Å². The van der Waals surface area contributed by atoms with Crippen molar-refractivity contribution in [3.63, 3.8) is 0 Å². The van der Waals surface area contributed by atoms with Crippen molar-refractivity contribution in [3.05, 3.63) is 90.5 Å². The van der Waals surface area contributed by atoms with E-state index in [1.54, 1.807) is 0 Å². The highest BCUT2D eigenvalue weighted by atomic mass is 32.3. The van der Waals surface area contributed by atoms with E-state index in [9.17, 15) is 0 Å². The first-order valence-corrected chi connectivity index (χ1v) is 11.9. The Labute approximate surface area is 170 Å². The standard InChI is InChI=1S/C26H25NS/c1-4-28(2,3)22-12-11-13-23-18-20-26(21-19-23)27(24-14-7-5-8-15-24)25-16-9-6-10-17-25/h5-10,14-21H,4H2,1-3H3. The number of para-hydroxylation sites is 2. The molecule has 0 saturated heterocycles.